The van der Waals surface area contributed by atoms with Crippen LogP contribution in [0.1, 0.15) is 63.9 Å². The van der Waals surface area contributed by atoms with Gasteiger partial charge in [-0.15, -0.1) is 5.11 Å². The van der Waals surface area contributed by atoms with Crippen LogP contribution in [0, 0.1) is 36.6 Å². The van der Waals surface area contributed by atoms with Gasteiger partial charge in [0.2, 0.25) is 0 Å². The topological polar surface area (TPSA) is 86.4 Å². The van der Waals surface area contributed by atoms with Gasteiger partial charge < -0.3 is 4.74 Å². The second kappa shape index (κ2) is 9.57. The highest BCUT2D eigenvalue weighted by molar-refractivity contribution is 6.04. The molecule has 2 aliphatic rings. The summed E-state index contributed by atoms with van der Waals surface area (Å²) in [6, 6.07) is 17.8. The summed E-state index contributed by atoms with van der Waals surface area (Å²) in [7, 11) is 0. The molecule has 178 valence electrons. The van der Waals surface area contributed by atoms with Crippen molar-refractivity contribution in [3.63, 3.8) is 0 Å². The monoisotopic (exact) mass is 465 g/mol. The van der Waals surface area contributed by atoms with Crippen LogP contribution in [0.3, 0.4) is 0 Å². The first-order valence-corrected chi connectivity index (χ1v) is 12.4. The van der Waals surface area contributed by atoms with Gasteiger partial charge in [0.1, 0.15) is 12.4 Å². The van der Waals surface area contributed by atoms with Gasteiger partial charge in [0, 0.05) is 17.0 Å². The molecule has 2 N–H and O–H groups in total. The average molecular weight is 466 g/mol. The molecule has 0 aromatic heterocycles. The van der Waals surface area contributed by atoms with E-state index in [1.54, 1.807) is 6.07 Å². The largest absolute Gasteiger partial charge is 0.489 e. The Morgan fingerprint density at radius 2 is 1.71 bits per heavy atom. The van der Waals surface area contributed by atoms with Crippen LogP contribution < -0.4 is 4.74 Å². The predicted molar refractivity (Wildman–Crippen MR) is 138 cm³/mol. The molecule has 3 aromatic carbocycles. The number of carbonyl (C=O) groups excluding carboxylic acids is 1. The van der Waals surface area contributed by atoms with Crippen LogP contribution in [0.25, 0.3) is 11.1 Å². The Bertz CT molecular complexity index is 1320. The van der Waals surface area contributed by atoms with E-state index in [0.717, 1.165) is 51.1 Å². The fourth-order valence-electron chi connectivity index (χ4n) is 5.77. The molecule has 1 saturated carbocycles. The molecule has 5 rings (SSSR count). The van der Waals surface area contributed by atoms with Crippen LogP contribution in [0.5, 0.6) is 5.75 Å². The number of hydrogen-bond donors (Lipinski definition) is 2. The van der Waals surface area contributed by atoms with Crippen molar-refractivity contribution >= 4 is 11.6 Å². The van der Waals surface area contributed by atoms with Gasteiger partial charge in [-0.2, -0.15) is 0 Å². The summed E-state index contributed by atoms with van der Waals surface area (Å²) in [4.78, 5) is 13.2. The first-order valence-electron chi connectivity index (χ1n) is 12.4. The second-order valence-corrected chi connectivity index (χ2v) is 9.91. The Hall–Kier alpha value is -3.60. The molecule has 0 amide bonds. The van der Waals surface area contributed by atoms with E-state index in [9.17, 15) is 4.79 Å². The van der Waals surface area contributed by atoms with E-state index in [1.807, 2.05) is 36.4 Å². The third-order valence-corrected chi connectivity index (χ3v) is 7.83. The Kier molecular flexibility index (Phi) is 6.33. The van der Waals surface area contributed by atoms with E-state index < -0.39 is 0 Å². The number of nitrogens with zero attached hydrogens (tertiary/aromatic N) is 1. The van der Waals surface area contributed by atoms with Crippen LogP contribution in [-0.2, 0) is 13.0 Å². The maximum absolute atomic E-state index is 13.2. The number of ketones is 1. The number of rotatable bonds is 6. The molecule has 35 heavy (non-hydrogen) atoms. The Labute approximate surface area is 206 Å². The van der Waals surface area contributed by atoms with Gasteiger partial charge in [0.15, 0.2) is 11.6 Å². The van der Waals surface area contributed by atoms with Gasteiger partial charge in [-0.25, -0.2) is 5.53 Å². The second-order valence-electron chi connectivity index (χ2n) is 9.91. The molecule has 5 heteroatoms. The van der Waals surface area contributed by atoms with Crippen LogP contribution in [-0.4, -0.2) is 11.6 Å². The third-order valence-electron chi connectivity index (χ3n) is 7.83. The molecule has 3 aromatic rings. The maximum atomic E-state index is 13.2. The smallest absolute Gasteiger partial charge is 0.173 e. The highest BCUT2D eigenvalue weighted by Crippen LogP contribution is 2.43. The van der Waals surface area contributed by atoms with Crippen molar-refractivity contribution in [2.45, 2.75) is 52.6 Å². The predicted octanol–water partition coefficient (Wildman–Crippen LogP) is 7.45. The minimum atomic E-state index is -0.0533. The van der Waals surface area contributed by atoms with E-state index in [2.05, 4.69) is 31.1 Å². The highest BCUT2D eigenvalue weighted by Gasteiger charge is 2.39. The average Bonchev–Trinajstić information content (AvgIpc) is 3.53. The fourth-order valence-corrected chi connectivity index (χ4v) is 5.77. The zero-order valence-electron chi connectivity index (χ0n) is 20.4. The molecular formula is C30H31N3O2. The summed E-state index contributed by atoms with van der Waals surface area (Å²) in [6.07, 6.45) is 5.72. The molecular weight excluding hydrogens is 434 g/mol. The maximum Gasteiger partial charge on any atom is 0.173 e. The summed E-state index contributed by atoms with van der Waals surface area (Å²) in [6.45, 7) is 4.55. The molecule has 0 aliphatic heterocycles. The summed E-state index contributed by atoms with van der Waals surface area (Å²) in [5.41, 5.74) is 15.0. The lowest BCUT2D eigenvalue weighted by molar-refractivity contribution is 0.0894. The quantitative estimate of drug-likeness (QED) is 0.225. The zero-order valence-corrected chi connectivity index (χ0v) is 20.4. The molecule has 0 heterocycles. The molecule has 5 nitrogen and oxygen atoms in total. The number of carbonyl (C=O) groups is 1. The minimum Gasteiger partial charge on any atom is -0.489 e. The number of fused-ring (bicyclic) bond motifs is 1. The van der Waals surface area contributed by atoms with Crippen molar-refractivity contribution < 1.29 is 9.53 Å². The van der Waals surface area contributed by atoms with Crippen molar-refractivity contribution in [3.8, 4) is 16.9 Å². The van der Waals surface area contributed by atoms with Crippen molar-refractivity contribution in [2.24, 2.45) is 17.0 Å². The molecule has 0 bridgehead atoms. The Morgan fingerprint density at radius 1 is 1.00 bits per heavy atom. The summed E-state index contributed by atoms with van der Waals surface area (Å²) >= 11 is 0. The molecule has 2 aliphatic carbocycles. The lowest BCUT2D eigenvalue weighted by Gasteiger charge is -2.16. The van der Waals surface area contributed by atoms with Crippen LogP contribution >= 0.6 is 0 Å². The number of amidine groups is 1. The molecule has 0 radical (unpaired) electrons. The van der Waals surface area contributed by atoms with E-state index in [4.69, 9.17) is 15.7 Å². The minimum absolute atomic E-state index is 0.0533. The highest BCUT2D eigenvalue weighted by atomic mass is 16.5. The molecule has 1 unspecified atom stereocenters. The number of benzene rings is 3. The van der Waals surface area contributed by atoms with E-state index in [1.165, 1.54) is 25.7 Å². The Balaban J connectivity index is 1.35. The van der Waals surface area contributed by atoms with Gasteiger partial charge in [0.25, 0.3) is 0 Å². The lowest BCUT2D eigenvalue weighted by Crippen LogP contribution is -2.18. The summed E-state index contributed by atoms with van der Waals surface area (Å²) < 4.78 is 6.31. The third kappa shape index (κ3) is 4.43. The standard InChI is InChI=1S/C30H31N3O2/c1-18-19(2)28-25(15-26(29(28)34)21-8-3-4-9-21)16-27(18)35-17-20-7-5-10-22(13-20)23-11-6-12-24(14-23)30(31)33-32/h5-7,10-14,16,21,26,31-32H,3-4,8-9,15,17H2,1-2H3. The number of Topliss-reactive ketones (excluding diaryl/α,β-unsaturated/α-hetero) is 1. The van der Waals surface area contributed by atoms with E-state index in [0.29, 0.717) is 23.9 Å². The molecule has 1 fully saturated rings. The van der Waals surface area contributed by atoms with Gasteiger partial charge in [-0.05, 0) is 90.6 Å². The van der Waals surface area contributed by atoms with Crippen molar-refractivity contribution in [1.29, 1.82) is 10.9 Å². The Morgan fingerprint density at radius 3 is 2.46 bits per heavy atom. The SMILES string of the molecule is Cc1c(OCc2cccc(-c3cccc(C(=N)N=N)c3)c2)cc2c(c1C)C(=O)C(C1CCCC1)C2. The summed E-state index contributed by atoms with van der Waals surface area (Å²) in [5, 5.41) is 11.0. The molecule has 0 saturated heterocycles. The van der Waals surface area contributed by atoms with Crippen molar-refractivity contribution in [2.75, 3.05) is 0 Å². The van der Waals surface area contributed by atoms with Crippen molar-refractivity contribution in [1.82, 2.24) is 0 Å². The van der Waals surface area contributed by atoms with Gasteiger partial charge in [-0.1, -0.05) is 49.2 Å². The van der Waals surface area contributed by atoms with Crippen LogP contribution in [0.15, 0.2) is 59.7 Å². The first-order chi connectivity index (χ1) is 17.0. The summed E-state index contributed by atoms with van der Waals surface area (Å²) in [5.74, 6) is 1.85. The number of hydrogen-bond acceptors (Lipinski definition) is 4. The van der Waals surface area contributed by atoms with Crippen LogP contribution in [0.4, 0.5) is 0 Å². The molecule has 1 atom stereocenters. The van der Waals surface area contributed by atoms with Crippen molar-refractivity contribution in [3.05, 3.63) is 88.0 Å². The zero-order chi connectivity index (χ0) is 24.5. The van der Waals surface area contributed by atoms with Gasteiger partial charge in [-0.3, -0.25) is 10.2 Å². The van der Waals surface area contributed by atoms with E-state index in [-0.39, 0.29) is 11.8 Å². The molecule has 0 spiro atoms. The van der Waals surface area contributed by atoms with E-state index >= 15 is 0 Å². The number of nitrogens with one attached hydrogen (secondary N) is 2. The lowest BCUT2D eigenvalue weighted by atomic mass is 9.87. The van der Waals surface area contributed by atoms with Gasteiger partial charge in [0.05, 0.1) is 0 Å². The first kappa shape index (κ1) is 23.2. The number of ether oxygens (including phenoxy) is 1. The van der Waals surface area contributed by atoms with Crippen LogP contribution in [0.2, 0.25) is 0 Å². The fraction of sp³-hybridized carbons (Fsp3) is 0.333. The normalized spacial score (nSPS) is 17.4. The van der Waals surface area contributed by atoms with Gasteiger partial charge >= 0.3 is 0 Å².